The largest absolute Gasteiger partial charge is 0.368 e. The molecule has 5 nitrogen and oxygen atoms in total. The van der Waals surface area contributed by atoms with Crippen LogP contribution in [0.4, 0.5) is 0 Å². The predicted octanol–water partition coefficient (Wildman–Crippen LogP) is -0.819. The summed E-state index contributed by atoms with van der Waals surface area (Å²) in [4.78, 5) is 13.3. The summed E-state index contributed by atoms with van der Waals surface area (Å²) in [5.41, 5.74) is 7.11. The molecule has 0 atom stereocenters. The van der Waals surface area contributed by atoms with Gasteiger partial charge in [0.2, 0.25) is 5.12 Å². The Hall–Kier alpha value is -1.14. The number of piperazine rings is 1. The molecule has 2 aliphatic heterocycles. The van der Waals surface area contributed by atoms with Crippen LogP contribution in [-0.2, 0) is 4.79 Å². The van der Waals surface area contributed by atoms with Crippen molar-refractivity contribution < 1.29 is 4.79 Å². The minimum Gasteiger partial charge on any atom is -0.368 e. The fraction of sp³-hybridized carbons (Fsp3) is 0.444. The van der Waals surface area contributed by atoms with Gasteiger partial charge in [-0.2, -0.15) is 0 Å². The van der Waals surface area contributed by atoms with Crippen molar-refractivity contribution in [1.29, 1.82) is 0 Å². The van der Waals surface area contributed by atoms with Crippen molar-refractivity contribution in [2.45, 2.75) is 0 Å². The van der Waals surface area contributed by atoms with E-state index in [9.17, 15) is 4.79 Å². The lowest BCUT2D eigenvalue weighted by atomic mass is 10.2. The lowest BCUT2D eigenvalue weighted by molar-refractivity contribution is -0.108. The van der Waals surface area contributed by atoms with E-state index in [-0.39, 0.29) is 5.12 Å². The predicted molar refractivity (Wildman–Crippen MR) is 60.9 cm³/mol. The maximum Gasteiger partial charge on any atom is 0.234 e. The van der Waals surface area contributed by atoms with Crippen molar-refractivity contribution in [3.05, 3.63) is 23.7 Å². The zero-order chi connectivity index (χ0) is 10.7. The van der Waals surface area contributed by atoms with Gasteiger partial charge in [-0.25, -0.2) is 0 Å². The molecule has 82 valence electrons. The molecule has 0 spiro atoms. The number of hydrogen-bond donors (Lipinski definition) is 4. The van der Waals surface area contributed by atoms with Gasteiger partial charge in [0.15, 0.2) is 0 Å². The molecule has 3 N–H and O–H groups in total. The first-order valence-electron chi connectivity index (χ1n) is 4.90. The van der Waals surface area contributed by atoms with Crippen molar-refractivity contribution in [2.75, 3.05) is 26.2 Å². The minimum absolute atomic E-state index is 0.261. The quantitative estimate of drug-likeness (QED) is 0.464. The van der Waals surface area contributed by atoms with Crippen LogP contribution in [0, 0.1) is 0 Å². The van der Waals surface area contributed by atoms with Crippen molar-refractivity contribution in [3.8, 4) is 0 Å². The molecule has 0 saturated carbocycles. The molecular weight excluding hydrogens is 212 g/mol. The van der Waals surface area contributed by atoms with Gasteiger partial charge < -0.3 is 15.6 Å². The average Bonchev–Trinajstić information content (AvgIpc) is 2.30. The molecular formula is C9H14N4OS. The first-order valence-corrected chi connectivity index (χ1v) is 5.34. The average molecular weight is 226 g/mol. The summed E-state index contributed by atoms with van der Waals surface area (Å²) in [6.07, 6.45) is 3.67. The highest BCUT2D eigenvalue weighted by Crippen LogP contribution is 2.12. The van der Waals surface area contributed by atoms with Crippen LogP contribution >= 0.6 is 12.6 Å². The second-order valence-electron chi connectivity index (χ2n) is 3.44. The number of hydrazine groups is 1. The Labute approximate surface area is 94.0 Å². The maximum atomic E-state index is 11.1. The zero-order valence-electron chi connectivity index (χ0n) is 8.29. The first kappa shape index (κ1) is 10.4. The van der Waals surface area contributed by atoms with E-state index in [0.717, 1.165) is 31.9 Å². The van der Waals surface area contributed by atoms with E-state index < -0.39 is 0 Å². The van der Waals surface area contributed by atoms with Crippen molar-refractivity contribution in [2.24, 2.45) is 0 Å². The Morgan fingerprint density at radius 1 is 1.40 bits per heavy atom. The van der Waals surface area contributed by atoms with Gasteiger partial charge in [-0.1, -0.05) is 12.6 Å². The molecule has 0 aromatic rings. The standard InChI is InChI=1S/C9H14N4OS/c14-9(15)8-5-7(6-11-12-8)13-3-1-10-2-4-13/h5-6,10-12H,1-4H2,(H,14,15). The van der Waals surface area contributed by atoms with Crippen molar-refractivity contribution in [1.82, 2.24) is 21.1 Å². The summed E-state index contributed by atoms with van der Waals surface area (Å²) >= 11 is 3.78. The van der Waals surface area contributed by atoms with Crippen LogP contribution in [-0.4, -0.2) is 36.2 Å². The van der Waals surface area contributed by atoms with E-state index in [1.165, 1.54) is 0 Å². The molecule has 2 aliphatic rings. The third-order valence-electron chi connectivity index (χ3n) is 2.43. The topological polar surface area (TPSA) is 56.4 Å². The second-order valence-corrected chi connectivity index (χ2v) is 3.84. The second kappa shape index (κ2) is 4.59. The van der Waals surface area contributed by atoms with E-state index in [1.807, 2.05) is 12.3 Å². The fourth-order valence-corrected chi connectivity index (χ4v) is 1.75. The number of carbonyl (C=O) groups excluding carboxylic acids is 1. The Bertz CT molecular complexity index is 320. The van der Waals surface area contributed by atoms with Gasteiger partial charge in [0.05, 0.1) is 5.70 Å². The Kier molecular flexibility index (Phi) is 3.17. The number of nitrogens with zero attached hydrogens (tertiary/aromatic N) is 1. The molecule has 0 unspecified atom stereocenters. The SMILES string of the molecule is O=C(S)C1=CC(N2CCNCC2)=CNN1. The molecule has 0 aromatic heterocycles. The van der Waals surface area contributed by atoms with E-state index >= 15 is 0 Å². The van der Waals surface area contributed by atoms with E-state index in [0.29, 0.717) is 5.70 Å². The highest BCUT2D eigenvalue weighted by atomic mass is 32.1. The number of hydrogen-bond acceptors (Lipinski definition) is 5. The normalized spacial score (nSPS) is 21.0. The van der Waals surface area contributed by atoms with Crippen molar-refractivity contribution in [3.63, 3.8) is 0 Å². The summed E-state index contributed by atoms with van der Waals surface area (Å²) in [5, 5.41) is 3.02. The van der Waals surface area contributed by atoms with Gasteiger partial charge in [-0.05, 0) is 6.08 Å². The zero-order valence-corrected chi connectivity index (χ0v) is 9.18. The van der Waals surface area contributed by atoms with Crippen LogP contribution in [0.5, 0.6) is 0 Å². The van der Waals surface area contributed by atoms with Gasteiger partial charge >= 0.3 is 0 Å². The lowest BCUT2D eigenvalue weighted by Crippen LogP contribution is -2.44. The van der Waals surface area contributed by atoms with Gasteiger partial charge in [-0.15, -0.1) is 0 Å². The minimum atomic E-state index is -0.261. The van der Waals surface area contributed by atoms with Crippen LogP contribution in [0.3, 0.4) is 0 Å². The molecule has 1 fully saturated rings. The molecule has 2 heterocycles. The molecule has 0 aliphatic carbocycles. The molecule has 0 amide bonds. The van der Waals surface area contributed by atoms with E-state index in [4.69, 9.17) is 0 Å². The third-order valence-corrected chi connectivity index (χ3v) is 2.67. The summed E-state index contributed by atoms with van der Waals surface area (Å²) < 4.78 is 0. The van der Waals surface area contributed by atoms with Gasteiger partial charge in [0, 0.05) is 32.4 Å². The smallest absolute Gasteiger partial charge is 0.234 e. The van der Waals surface area contributed by atoms with Crippen LogP contribution in [0.1, 0.15) is 0 Å². The maximum absolute atomic E-state index is 11.1. The van der Waals surface area contributed by atoms with Gasteiger partial charge in [-0.3, -0.25) is 10.2 Å². The summed E-state index contributed by atoms with van der Waals surface area (Å²) in [6, 6.07) is 0. The summed E-state index contributed by atoms with van der Waals surface area (Å²) in [7, 11) is 0. The number of carbonyl (C=O) groups is 1. The van der Waals surface area contributed by atoms with E-state index in [1.54, 1.807) is 0 Å². The third kappa shape index (κ3) is 2.45. The van der Waals surface area contributed by atoms with Crippen LogP contribution in [0.15, 0.2) is 23.7 Å². The summed E-state index contributed by atoms with van der Waals surface area (Å²) in [5.74, 6) is 0. The lowest BCUT2D eigenvalue weighted by Gasteiger charge is -2.31. The molecule has 0 radical (unpaired) electrons. The number of rotatable bonds is 2. The van der Waals surface area contributed by atoms with Crippen LogP contribution in [0.2, 0.25) is 0 Å². The molecule has 6 heteroatoms. The molecule has 0 bridgehead atoms. The molecule has 0 aromatic carbocycles. The molecule has 15 heavy (non-hydrogen) atoms. The Balaban J connectivity index is 2.08. The Morgan fingerprint density at radius 2 is 2.13 bits per heavy atom. The highest BCUT2D eigenvalue weighted by molar-refractivity contribution is 7.97. The van der Waals surface area contributed by atoms with Gasteiger partial charge in [0.25, 0.3) is 0 Å². The Morgan fingerprint density at radius 3 is 2.80 bits per heavy atom. The van der Waals surface area contributed by atoms with Crippen LogP contribution < -0.4 is 16.2 Å². The first-order chi connectivity index (χ1) is 7.27. The van der Waals surface area contributed by atoms with Crippen molar-refractivity contribution >= 4 is 17.7 Å². The highest BCUT2D eigenvalue weighted by Gasteiger charge is 2.16. The number of nitrogens with one attached hydrogen (secondary N) is 3. The van der Waals surface area contributed by atoms with E-state index in [2.05, 4.69) is 33.7 Å². The fourth-order valence-electron chi connectivity index (χ4n) is 1.63. The van der Waals surface area contributed by atoms with Gasteiger partial charge in [0.1, 0.15) is 5.70 Å². The summed E-state index contributed by atoms with van der Waals surface area (Å²) in [6.45, 7) is 3.86. The number of allylic oxidation sites excluding steroid dienone is 1. The van der Waals surface area contributed by atoms with Crippen LogP contribution in [0.25, 0.3) is 0 Å². The molecule has 2 rings (SSSR count). The molecule has 1 saturated heterocycles. The number of thiol groups is 1. The monoisotopic (exact) mass is 226 g/mol.